The summed E-state index contributed by atoms with van der Waals surface area (Å²) in [5.74, 6) is 0. The molecule has 16 heavy (non-hydrogen) atoms. The molecule has 3 nitrogen and oxygen atoms in total. The molecular weight excluding hydrogens is 219 g/mol. The van der Waals surface area contributed by atoms with Gasteiger partial charge in [-0.2, -0.15) is 13.2 Å². The molecule has 2 aromatic rings. The van der Waals surface area contributed by atoms with Gasteiger partial charge in [-0.3, -0.25) is 0 Å². The summed E-state index contributed by atoms with van der Waals surface area (Å²) >= 11 is 0. The Bertz CT molecular complexity index is 522. The van der Waals surface area contributed by atoms with E-state index in [9.17, 15) is 13.2 Å². The van der Waals surface area contributed by atoms with Crippen molar-refractivity contribution < 1.29 is 13.2 Å². The first-order valence-corrected chi connectivity index (χ1v) is 4.59. The van der Waals surface area contributed by atoms with Gasteiger partial charge >= 0.3 is 6.18 Å². The van der Waals surface area contributed by atoms with Crippen molar-refractivity contribution in [1.29, 1.82) is 0 Å². The molecule has 0 aliphatic heterocycles. The summed E-state index contributed by atoms with van der Waals surface area (Å²) in [7, 11) is 0. The van der Waals surface area contributed by atoms with E-state index in [-0.39, 0.29) is 5.56 Å². The average Bonchev–Trinajstić information content (AvgIpc) is 2.17. The highest BCUT2D eigenvalue weighted by atomic mass is 19.4. The van der Waals surface area contributed by atoms with Crippen LogP contribution in [0.5, 0.6) is 0 Å². The lowest BCUT2D eigenvalue weighted by atomic mass is 10.1. The highest BCUT2D eigenvalue weighted by Gasteiger charge is 2.27. The van der Waals surface area contributed by atoms with Gasteiger partial charge < -0.3 is 0 Å². The zero-order valence-corrected chi connectivity index (χ0v) is 8.41. The van der Waals surface area contributed by atoms with Gasteiger partial charge in [0, 0.05) is 11.6 Å². The lowest BCUT2D eigenvalue weighted by molar-refractivity contribution is -0.127. The number of hydrogen-bond acceptors (Lipinski definition) is 3. The van der Waals surface area contributed by atoms with Gasteiger partial charge in [0.1, 0.15) is 6.33 Å². The molecule has 0 atom stereocenters. The lowest BCUT2D eigenvalue weighted by Gasteiger charge is -2.07. The summed E-state index contributed by atoms with van der Waals surface area (Å²) in [6.07, 6.45) is -2.67. The van der Waals surface area contributed by atoms with Crippen molar-refractivity contribution in [3.63, 3.8) is 0 Å². The van der Waals surface area contributed by atoms with Crippen molar-refractivity contribution >= 4 is 11.0 Å². The van der Waals surface area contributed by atoms with Crippen molar-refractivity contribution in [2.45, 2.75) is 19.5 Å². The minimum absolute atomic E-state index is 0.123. The second-order valence-electron chi connectivity index (χ2n) is 3.47. The topological polar surface area (TPSA) is 38.7 Å². The summed E-state index contributed by atoms with van der Waals surface area (Å²) < 4.78 is 36.5. The molecule has 0 amide bonds. The number of pyridine rings is 1. The van der Waals surface area contributed by atoms with E-state index >= 15 is 0 Å². The standard InChI is InChI=1S/C10H8F3N3/c1-6-8-2-7(3-10(11,12)13)4-14-9(8)16-5-15-6/h2,4-5H,3H2,1H3. The average molecular weight is 227 g/mol. The minimum Gasteiger partial charge on any atom is -0.241 e. The van der Waals surface area contributed by atoms with Gasteiger partial charge in [0.15, 0.2) is 5.65 Å². The van der Waals surface area contributed by atoms with E-state index in [1.165, 1.54) is 18.6 Å². The fourth-order valence-corrected chi connectivity index (χ4v) is 1.44. The first kappa shape index (κ1) is 10.8. The molecule has 2 rings (SSSR count). The largest absolute Gasteiger partial charge is 0.393 e. The van der Waals surface area contributed by atoms with Crippen LogP contribution in [0.25, 0.3) is 11.0 Å². The first-order chi connectivity index (χ1) is 7.46. The minimum atomic E-state index is -4.22. The molecule has 0 bridgehead atoms. The van der Waals surface area contributed by atoms with Crippen LogP contribution in [0.2, 0.25) is 0 Å². The van der Waals surface area contributed by atoms with E-state index in [0.717, 1.165) is 0 Å². The third kappa shape index (κ3) is 2.26. The molecule has 2 heterocycles. The quantitative estimate of drug-likeness (QED) is 0.751. The van der Waals surface area contributed by atoms with Crippen LogP contribution >= 0.6 is 0 Å². The van der Waals surface area contributed by atoms with Crippen LogP contribution < -0.4 is 0 Å². The number of nitrogens with zero attached hydrogens (tertiary/aromatic N) is 3. The number of hydrogen-bond donors (Lipinski definition) is 0. The molecule has 0 spiro atoms. The summed E-state index contributed by atoms with van der Waals surface area (Å²) in [5.41, 5.74) is 1.16. The number of aryl methyl sites for hydroxylation is 1. The number of halogens is 3. The molecule has 0 aromatic carbocycles. The SMILES string of the molecule is Cc1ncnc2ncc(CC(F)(F)F)cc12. The zero-order chi connectivity index (χ0) is 11.8. The monoisotopic (exact) mass is 227 g/mol. The van der Waals surface area contributed by atoms with Crippen LogP contribution in [0.1, 0.15) is 11.3 Å². The maximum Gasteiger partial charge on any atom is 0.393 e. The molecule has 84 valence electrons. The number of fused-ring (bicyclic) bond motifs is 1. The third-order valence-electron chi connectivity index (χ3n) is 2.15. The Hall–Kier alpha value is -1.72. The Kier molecular flexibility index (Phi) is 2.49. The van der Waals surface area contributed by atoms with Gasteiger partial charge in [-0.05, 0) is 18.6 Å². The van der Waals surface area contributed by atoms with Gasteiger partial charge in [-0.25, -0.2) is 15.0 Å². The Balaban J connectivity index is 2.47. The molecule has 0 saturated heterocycles. The molecule has 6 heteroatoms. The van der Waals surface area contributed by atoms with E-state index in [2.05, 4.69) is 15.0 Å². The second-order valence-corrected chi connectivity index (χ2v) is 3.47. The molecule has 0 unspecified atom stereocenters. The third-order valence-corrected chi connectivity index (χ3v) is 2.15. The maximum atomic E-state index is 12.2. The van der Waals surface area contributed by atoms with Crippen LogP contribution in [0.15, 0.2) is 18.6 Å². The number of aromatic nitrogens is 3. The fourth-order valence-electron chi connectivity index (χ4n) is 1.44. The first-order valence-electron chi connectivity index (χ1n) is 4.59. The van der Waals surface area contributed by atoms with Crippen molar-refractivity contribution in [2.75, 3.05) is 0 Å². The van der Waals surface area contributed by atoms with Gasteiger partial charge in [-0.1, -0.05) is 0 Å². The van der Waals surface area contributed by atoms with Crippen LogP contribution in [-0.4, -0.2) is 21.1 Å². The molecule has 0 radical (unpaired) electrons. The summed E-state index contributed by atoms with van der Waals surface area (Å²) in [4.78, 5) is 11.7. The van der Waals surface area contributed by atoms with Crippen LogP contribution in [0.3, 0.4) is 0 Å². The van der Waals surface area contributed by atoms with Crippen LogP contribution in [-0.2, 0) is 6.42 Å². The molecule has 0 fully saturated rings. The van der Waals surface area contributed by atoms with Gasteiger partial charge in [0.2, 0.25) is 0 Å². The predicted octanol–water partition coefficient (Wildman–Crippen LogP) is 2.44. The Labute approximate surface area is 89.4 Å². The summed E-state index contributed by atoms with van der Waals surface area (Å²) in [6.45, 7) is 1.71. The summed E-state index contributed by atoms with van der Waals surface area (Å²) in [5, 5.41) is 0.559. The molecule has 0 saturated carbocycles. The van der Waals surface area contributed by atoms with Crippen LogP contribution in [0, 0.1) is 6.92 Å². The van der Waals surface area contributed by atoms with E-state index in [0.29, 0.717) is 16.7 Å². The maximum absolute atomic E-state index is 12.2. The van der Waals surface area contributed by atoms with Gasteiger partial charge in [0.25, 0.3) is 0 Å². The molecule has 0 aliphatic carbocycles. The highest BCUT2D eigenvalue weighted by molar-refractivity contribution is 5.77. The van der Waals surface area contributed by atoms with E-state index in [1.807, 2.05) is 0 Å². The van der Waals surface area contributed by atoms with Crippen molar-refractivity contribution in [1.82, 2.24) is 15.0 Å². The van der Waals surface area contributed by atoms with E-state index in [4.69, 9.17) is 0 Å². The second kappa shape index (κ2) is 3.70. The van der Waals surface area contributed by atoms with Crippen molar-refractivity contribution in [3.8, 4) is 0 Å². The smallest absolute Gasteiger partial charge is 0.241 e. The summed E-state index contributed by atoms with van der Waals surface area (Å²) in [6, 6.07) is 1.44. The van der Waals surface area contributed by atoms with Crippen LogP contribution in [0.4, 0.5) is 13.2 Å². The van der Waals surface area contributed by atoms with Crippen molar-refractivity contribution in [3.05, 3.63) is 29.8 Å². The normalized spacial score (nSPS) is 12.0. The fraction of sp³-hybridized carbons (Fsp3) is 0.300. The Morgan fingerprint density at radius 3 is 2.62 bits per heavy atom. The Morgan fingerprint density at radius 2 is 1.94 bits per heavy atom. The lowest BCUT2D eigenvalue weighted by Crippen LogP contribution is -2.11. The molecular formula is C10H8F3N3. The molecule has 0 aliphatic rings. The zero-order valence-electron chi connectivity index (χ0n) is 8.41. The highest BCUT2D eigenvalue weighted by Crippen LogP contribution is 2.22. The molecule has 0 N–H and O–H groups in total. The van der Waals surface area contributed by atoms with Gasteiger partial charge in [0.05, 0.1) is 12.1 Å². The van der Waals surface area contributed by atoms with Crippen molar-refractivity contribution in [2.24, 2.45) is 0 Å². The Morgan fingerprint density at radius 1 is 1.19 bits per heavy atom. The van der Waals surface area contributed by atoms with E-state index < -0.39 is 12.6 Å². The predicted molar refractivity (Wildman–Crippen MR) is 51.8 cm³/mol. The number of rotatable bonds is 1. The van der Waals surface area contributed by atoms with E-state index in [1.54, 1.807) is 6.92 Å². The molecule has 2 aromatic heterocycles. The van der Waals surface area contributed by atoms with Gasteiger partial charge in [-0.15, -0.1) is 0 Å². The number of alkyl halides is 3.